The molecule has 4 heteroatoms. The third-order valence-corrected chi connectivity index (χ3v) is 4.27. The molecule has 0 spiro atoms. The van der Waals surface area contributed by atoms with E-state index in [0.29, 0.717) is 13.0 Å². The SMILES string of the molecule is C=C[C@@H]1C[C@H]2CCC[C@]1(C(=O)OCCOC)C2=O. The molecule has 18 heavy (non-hydrogen) atoms. The first-order valence-electron chi connectivity index (χ1n) is 6.50. The van der Waals surface area contributed by atoms with Gasteiger partial charge in [-0.1, -0.05) is 12.5 Å². The predicted molar refractivity (Wildman–Crippen MR) is 65.9 cm³/mol. The lowest BCUT2D eigenvalue weighted by molar-refractivity contribution is -0.164. The Morgan fingerprint density at radius 2 is 2.33 bits per heavy atom. The van der Waals surface area contributed by atoms with Crippen LogP contribution in [0.1, 0.15) is 25.7 Å². The van der Waals surface area contributed by atoms with Crippen molar-refractivity contribution < 1.29 is 19.1 Å². The van der Waals surface area contributed by atoms with Crippen LogP contribution >= 0.6 is 0 Å². The highest BCUT2D eigenvalue weighted by molar-refractivity contribution is 6.07. The number of ether oxygens (including phenoxy) is 2. The first-order valence-corrected chi connectivity index (χ1v) is 6.50. The third-order valence-electron chi connectivity index (χ3n) is 4.27. The first kappa shape index (κ1) is 13.3. The summed E-state index contributed by atoms with van der Waals surface area (Å²) in [5, 5.41) is 0. The number of carbonyl (C=O) groups is 2. The van der Waals surface area contributed by atoms with Crippen LogP contribution in [-0.4, -0.2) is 32.1 Å². The quantitative estimate of drug-likeness (QED) is 0.324. The molecule has 0 unspecified atom stereocenters. The smallest absolute Gasteiger partial charge is 0.320 e. The van der Waals surface area contributed by atoms with E-state index in [4.69, 9.17) is 9.47 Å². The first-order chi connectivity index (χ1) is 8.66. The number of ketones is 1. The second kappa shape index (κ2) is 5.22. The molecule has 0 saturated heterocycles. The summed E-state index contributed by atoms with van der Waals surface area (Å²) in [7, 11) is 1.55. The van der Waals surface area contributed by atoms with E-state index in [9.17, 15) is 9.59 Å². The molecule has 0 aliphatic heterocycles. The normalized spacial score (nSPS) is 34.4. The fraction of sp³-hybridized carbons (Fsp3) is 0.714. The summed E-state index contributed by atoms with van der Waals surface area (Å²) in [6, 6.07) is 0. The number of fused-ring (bicyclic) bond motifs is 2. The number of allylic oxidation sites excluding steroid dienone is 1. The highest BCUT2D eigenvalue weighted by Gasteiger charge is 2.60. The average molecular weight is 252 g/mol. The Hall–Kier alpha value is -1.16. The van der Waals surface area contributed by atoms with Crippen molar-refractivity contribution in [1.29, 1.82) is 0 Å². The van der Waals surface area contributed by atoms with Crippen LogP contribution in [0.2, 0.25) is 0 Å². The molecule has 0 aromatic heterocycles. The summed E-state index contributed by atoms with van der Waals surface area (Å²) >= 11 is 0. The van der Waals surface area contributed by atoms with Crippen molar-refractivity contribution in [3.05, 3.63) is 12.7 Å². The zero-order chi connectivity index (χ0) is 13.2. The van der Waals surface area contributed by atoms with Gasteiger partial charge in [-0.15, -0.1) is 6.58 Å². The standard InChI is InChI=1S/C14H20O4/c1-3-11-9-10-5-4-6-14(11,12(10)15)13(16)18-8-7-17-2/h3,10-11H,1,4-9H2,2H3/t10-,11-,14-/m1/s1. The van der Waals surface area contributed by atoms with Gasteiger partial charge >= 0.3 is 5.97 Å². The van der Waals surface area contributed by atoms with Gasteiger partial charge in [-0.3, -0.25) is 9.59 Å². The Labute approximate surface area is 107 Å². The summed E-state index contributed by atoms with van der Waals surface area (Å²) in [6.45, 7) is 4.34. The Morgan fingerprint density at radius 3 is 3.00 bits per heavy atom. The van der Waals surface area contributed by atoms with Gasteiger partial charge in [0.1, 0.15) is 12.0 Å². The van der Waals surface area contributed by atoms with Crippen LogP contribution < -0.4 is 0 Å². The molecule has 4 nitrogen and oxygen atoms in total. The van der Waals surface area contributed by atoms with Crippen LogP contribution in [0.15, 0.2) is 12.7 Å². The Bertz CT molecular complexity index is 363. The lowest BCUT2D eigenvalue weighted by Crippen LogP contribution is -2.44. The summed E-state index contributed by atoms with van der Waals surface area (Å²) in [5.41, 5.74) is -0.946. The van der Waals surface area contributed by atoms with Crippen LogP contribution in [0.4, 0.5) is 0 Å². The van der Waals surface area contributed by atoms with Crippen LogP contribution in [-0.2, 0) is 19.1 Å². The van der Waals surface area contributed by atoms with Gasteiger partial charge in [-0.05, 0) is 19.3 Å². The van der Waals surface area contributed by atoms with E-state index in [0.717, 1.165) is 19.3 Å². The maximum Gasteiger partial charge on any atom is 0.320 e. The fourth-order valence-corrected chi connectivity index (χ4v) is 3.34. The topological polar surface area (TPSA) is 52.6 Å². The molecule has 2 aliphatic rings. The number of Topliss-reactive ketones (excluding diaryl/α,β-unsaturated/α-hetero) is 1. The molecule has 0 N–H and O–H groups in total. The van der Waals surface area contributed by atoms with Crippen molar-refractivity contribution in [2.45, 2.75) is 25.7 Å². The van der Waals surface area contributed by atoms with Crippen molar-refractivity contribution in [1.82, 2.24) is 0 Å². The molecule has 3 atom stereocenters. The number of esters is 1. The Morgan fingerprint density at radius 1 is 1.56 bits per heavy atom. The van der Waals surface area contributed by atoms with Crippen molar-refractivity contribution in [3.63, 3.8) is 0 Å². The molecule has 2 fully saturated rings. The lowest BCUT2D eigenvalue weighted by atomic mass is 9.70. The van der Waals surface area contributed by atoms with Crippen LogP contribution in [0, 0.1) is 17.3 Å². The van der Waals surface area contributed by atoms with E-state index in [1.54, 1.807) is 13.2 Å². The van der Waals surface area contributed by atoms with E-state index < -0.39 is 5.41 Å². The van der Waals surface area contributed by atoms with Crippen LogP contribution in [0.25, 0.3) is 0 Å². The maximum absolute atomic E-state index is 12.4. The van der Waals surface area contributed by atoms with Gasteiger partial charge in [0, 0.05) is 18.9 Å². The molecule has 0 heterocycles. The summed E-state index contributed by atoms with van der Waals surface area (Å²) in [4.78, 5) is 24.7. The molecule has 100 valence electrons. The number of carbonyl (C=O) groups excluding carboxylic acids is 2. The van der Waals surface area contributed by atoms with Crippen molar-refractivity contribution >= 4 is 11.8 Å². The number of hydrogen-bond donors (Lipinski definition) is 0. The van der Waals surface area contributed by atoms with Gasteiger partial charge in [0.05, 0.1) is 6.61 Å². The molecule has 2 bridgehead atoms. The van der Waals surface area contributed by atoms with Crippen molar-refractivity contribution in [2.24, 2.45) is 17.3 Å². The Kier molecular flexibility index (Phi) is 3.85. The van der Waals surface area contributed by atoms with Crippen molar-refractivity contribution in [2.75, 3.05) is 20.3 Å². The number of methoxy groups -OCH3 is 1. The van der Waals surface area contributed by atoms with Gasteiger partial charge in [-0.2, -0.15) is 0 Å². The minimum atomic E-state index is -0.946. The molecular weight excluding hydrogens is 232 g/mol. The van der Waals surface area contributed by atoms with E-state index in [2.05, 4.69) is 6.58 Å². The van der Waals surface area contributed by atoms with Crippen LogP contribution in [0.5, 0.6) is 0 Å². The highest BCUT2D eigenvalue weighted by atomic mass is 16.6. The van der Waals surface area contributed by atoms with Gasteiger partial charge in [0.2, 0.25) is 0 Å². The molecule has 2 rings (SSSR count). The van der Waals surface area contributed by atoms with Gasteiger partial charge in [0.15, 0.2) is 5.78 Å². The highest BCUT2D eigenvalue weighted by Crippen LogP contribution is 2.53. The van der Waals surface area contributed by atoms with Crippen LogP contribution in [0.3, 0.4) is 0 Å². The lowest BCUT2D eigenvalue weighted by Gasteiger charge is -2.32. The van der Waals surface area contributed by atoms with Crippen molar-refractivity contribution in [3.8, 4) is 0 Å². The van der Waals surface area contributed by atoms with E-state index in [-0.39, 0.29) is 30.2 Å². The molecular formula is C14H20O4. The summed E-state index contributed by atoms with van der Waals surface area (Å²) in [5.74, 6) is -0.345. The third kappa shape index (κ3) is 1.88. The van der Waals surface area contributed by atoms with E-state index in [1.165, 1.54) is 0 Å². The van der Waals surface area contributed by atoms with E-state index in [1.807, 2.05) is 0 Å². The zero-order valence-electron chi connectivity index (χ0n) is 10.8. The predicted octanol–water partition coefficient (Wildman–Crippen LogP) is 1.74. The maximum atomic E-state index is 12.4. The summed E-state index contributed by atoms with van der Waals surface area (Å²) < 4.78 is 10.1. The minimum absolute atomic E-state index is 0.0247. The molecule has 0 aromatic rings. The Balaban J connectivity index is 2.17. The second-order valence-electron chi connectivity index (χ2n) is 5.13. The minimum Gasteiger partial charge on any atom is -0.462 e. The van der Waals surface area contributed by atoms with E-state index >= 15 is 0 Å². The molecule has 2 saturated carbocycles. The second-order valence-corrected chi connectivity index (χ2v) is 5.13. The summed E-state index contributed by atoms with van der Waals surface area (Å²) in [6.07, 6.45) is 4.92. The monoisotopic (exact) mass is 252 g/mol. The number of hydrogen-bond acceptors (Lipinski definition) is 4. The molecule has 0 radical (unpaired) electrons. The largest absolute Gasteiger partial charge is 0.462 e. The van der Waals surface area contributed by atoms with Gasteiger partial charge in [0.25, 0.3) is 0 Å². The average Bonchev–Trinajstić information content (AvgIpc) is 2.54. The number of rotatable bonds is 5. The zero-order valence-corrected chi connectivity index (χ0v) is 10.8. The molecule has 0 amide bonds. The molecule has 2 aliphatic carbocycles. The van der Waals surface area contributed by atoms with Gasteiger partial charge < -0.3 is 9.47 Å². The van der Waals surface area contributed by atoms with Gasteiger partial charge in [-0.25, -0.2) is 0 Å². The fourth-order valence-electron chi connectivity index (χ4n) is 3.34. The molecule has 0 aromatic carbocycles.